The monoisotopic (exact) mass is 440 g/mol. The molecule has 3 N–H and O–H groups in total. The van der Waals surface area contributed by atoms with Crippen molar-refractivity contribution in [2.24, 2.45) is 5.73 Å². The van der Waals surface area contributed by atoms with Gasteiger partial charge in [-0.2, -0.15) is 13.2 Å². The highest BCUT2D eigenvalue weighted by molar-refractivity contribution is 7.10. The Hall–Kier alpha value is -2.17. The van der Waals surface area contributed by atoms with Crippen LogP contribution in [-0.2, 0) is 16.1 Å². The van der Waals surface area contributed by atoms with Crippen LogP contribution in [0.25, 0.3) is 0 Å². The van der Waals surface area contributed by atoms with Gasteiger partial charge >= 0.3 is 12.1 Å². The van der Waals surface area contributed by atoms with Crippen molar-refractivity contribution in [3.63, 3.8) is 0 Å². The van der Waals surface area contributed by atoms with Crippen LogP contribution in [0, 0.1) is 12.7 Å². The van der Waals surface area contributed by atoms with E-state index in [4.69, 9.17) is 27.2 Å². The first-order valence-electron chi connectivity index (χ1n) is 7.63. The van der Waals surface area contributed by atoms with Gasteiger partial charge in [0.2, 0.25) is 5.91 Å². The van der Waals surface area contributed by atoms with E-state index in [0.717, 1.165) is 10.4 Å². The van der Waals surface area contributed by atoms with Crippen LogP contribution in [0.4, 0.5) is 17.6 Å². The molecule has 1 aromatic carbocycles. The lowest BCUT2D eigenvalue weighted by molar-refractivity contribution is -0.192. The predicted octanol–water partition coefficient (Wildman–Crippen LogP) is 4.14. The first-order valence-corrected chi connectivity index (χ1v) is 8.89. The van der Waals surface area contributed by atoms with Crippen LogP contribution in [0.3, 0.4) is 0 Å². The summed E-state index contributed by atoms with van der Waals surface area (Å²) >= 11 is 7.33. The number of nitrogens with zero attached hydrogens (tertiary/aromatic N) is 1. The highest BCUT2D eigenvalue weighted by atomic mass is 35.5. The first kappa shape index (κ1) is 23.9. The number of alkyl halides is 3. The van der Waals surface area contributed by atoms with Gasteiger partial charge in [0.15, 0.2) is 0 Å². The molecule has 2 rings (SSSR count). The summed E-state index contributed by atoms with van der Waals surface area (Å²) in [6.45, 7) is 2.51. The SMILES string of the molecule is Cc1ccsc1CN(C)C(=O)C(N)c1ccc(F)c(Cl)c1.O=C(O)C(F)(F)F. The van der Waals surface area contributed by atoms with Crippen LogP contribution in [0.5, 0.6) is 0 Å². The van der Waals surface area contributed by atoms with Crippen molar-refractivity contribution < 1.29 is 32.3 Å². The van der Waals surface area contributed by atoms with Gasteiger partial charge in [0, 0.05) is 11.9 Å². The number of carbonyl (C=O) groups excluding carboxylic acids is 1. The van der Waals surface area contributed by atoms with Gasteiger partial charge in [-0.3, -0.25) is 4.79 Å². The fourth-order valence-corrected chi connectivity index (χ4v) is 3.09. The minimum absolute atomic E-state index is 0.0347. The molecule has 1 amide bonds. The molecule has 0 saturated heterocycles. The summed E-state index contributed by atoms with van der Waals surface area (Å²) in [7, 11) is 1.70. The molecule has 0 aliphatic rings. The van der Waals surface area contributed by atoms with Gasteiger partial charge in [-0.05, 0) is 41.6 Å². The number of carbonyl (C=O) groups is 2. The third-order valence-corrected chi connectivity index (χ3v) is 4.83. The molecule has 1 heterocycles. The highest BCUT2D eigenvalue weighted by Crippen LogP contribution is 2.22. The van der Waals surface area contributed by atoms with Crippen LogP contribution < -0.4 is 5.73 Å². The van der Waals surface area contributed by atoms with Gasteiger partial charge in [0.25, 0.3) is 0 Å². The van der Waals surface area contributed by atoms with Crippen LogP contribution in [0.15, 0.2) is 29.6 Å². The second-order valence-electron chi connectivity index (χ2n) is 5.68. The standard InChI is InChI=1S/C15H16ClFN2OS.C2HF3O2/c1-9-5-6-21-13(9)8-19(2)15(20)14(18)10-3-4-12(17)11(16)7-10;3-2(4,5)1(6)7/h3-7,14H,8,18H2,1-2H3;(H,6,7). The van der Waals surface area contributed by atoms with Crippen molar-refractivity contribution in [2.75, 3.05) is 7.05 Å². The number of carboxylic acids is 1. The number of hydrogen-bond acceptors (Lipinski definition) is 4. The van der Waals surface area contributed by atoms with E-state index in [0.29, 0.717) is 12.1 Å². The van der Waals surface area contributed by atoms with Crippen molar-refractivity contribution in [2.45, 2.75) is 25.7 Å². The average molecular weight is 441 g/mol. The molecule has 28 heavy (non-hydrogen) atoms. The normalized spacial score (nSPS) is 12.0. The maximum absolute atomic E-state index is 13.2. The Kier molecular flexibility index (Phi) is 8.40. The maximum Gasteiger partial charge on any atom is 0.490 e. The van der Waals surface area contributed by atoms with Gasteiger partial charge in [-0.15, -0.1) is 11.3 Å². The van der Waals surface area contributed by atoms with Gasteiger partial charge < -0.3 is 15.7 Å². The number of amides is 1. The lowest BCUT2D eigenvalue weighted by Gasteiger charge is -2.21. The summed E-state index contributed by atoms with van der Waals surface area (Å²) < 4.78 is 44.9. The number of hydrogen-bond donors (Lipinski definition) is 2. The Labute approximate surface area is 167 Å². The van der Waals surface area contributed by atoms with Crippen LogP contribution in [0.2, 0.25) is 5.02 Å². The van der Waals surface area contributed by atoms with E-state index in [2.05, 4.69) is 0 Å². The number of thiophene rings is 1. The number of halogens is 5. The molecule has 5 nitrogen and oxygen atoms in total. The summed E-state index contributed by atoms with van der Waals surface area (Å²) in [5.74, 6) is -3.51. The minimum atomic E-state index is -5.08. The second kappa shape index (κ2) is 9.85. The summed E-state index contributed by atoms with van der Waals surface area (Å²) in [4.78, 5) is 23.9. The largest absolute Gasteiger partial charge is 0.490 e. The molecule has 1 atom stereocenters. The Balaban J connectivity index is 0.000000480. The van der Waals surface area contributed by atoms with Crippen molar-refractivity contribution >= 4 is 34.8 Å². The van der Waals surface area contributed by atoms with Crippen molar-refractivity contribution in [3.8, 4) is 0 Å². The molecule has 2 aromatic rings. The van der Waals surface area contributed by atoms with Crippen molar-refractivity contribution in [1.29, 1.82) is 0 Å². The molecular formula is C17H17ClF4N2O3S. The molecule has 1 unspecified atom stereocenters. The highest BCUT2D eigenvalue weighted by Gasteiger charge is 2.38. The first-order chi connectivity index (χ1) is 12.8. The minimum Gasteiger partial charge on any atom is -0.475 e. The summed E-state index contributed by atoms with van der Waals surface area (Å²) in [5.41, 5.74) is 7.61. The molecular weight excluding hydrogens is 424 g/mol. The van der Waals surface area contributed by atoms with E-state index in [9.17, 15) is 22.4 Å². The Morgan fingerprint density at radius 2 is 1.89 bits per heavy atom. The molecule has 11 heteroatoms. The van der Waals surface area contributed by atoms with E-state index in [1.807, 2.05) is 18.4 Å². The second-order valence-corrected chi connectivity index (χ2v) is 7.08. The fourth-order valence-electron chi connectivity index (χ4n) is 1.95. The number of aliphatic carboxylic acids is 1. The summed E-state index contributed by atoms with van der Waals surface area (Å²) in [6, 6.07) is 5.25. The molecule has 154 valence electrons. The van der Waals surface area contributed by atoms with Gasteiger partial charge in [0.05, 0.1) is 11.6 Å². The third kappa shape index (κ3) is 6.77. The number of benzene rings is 1. The fraction of sp³-hybridized carbons (Fsp3) is 0.294. The van der Waals surface area contributed by atoms with Gasteiger partial charge in [-0.1, -0.05) is 17.7 Å². The molecule has 0 bridgehead atoms. The third-order valence-electron chi connectivity index (χ3n) is 3.54. The van der Waals surface area contributed by atoms with Crippen molar-refractivity contribution in [1.82, 2.24) is 4.90 Å². The Morgan fingerprint density at radius 1 is 1.32 bits per heavy atom. The van der Waals surface area contributed by atoms with Gasteiger partial charge in [0.1, 0.15) is 11.9 Å². The predicted molar refractivity (Wildman–Crippen MR) is 97.6 cm³/mol. The van der Waals surface area contributed by atoms with Crippen LogP contribution in [-0.4, -0.2) is 35.1 Å². The van der Waals surface area contributed by atoms with Crippen molar-refractivity contribution in [3.05, 3.63) is 56.5 Å². The number of nitrogens with two attached hydrogens (primary N) is 1. The van der Waals surface area contributed by atoms with E-state index in [-0.39, 0.29) is 10.9 Å². The zero-order valence-electron chi connectivity index (χ0n) is 14.8. The lowest BCUT2D eigenvalue weighted by Crippen LogP contribution is -2.35. The number of rotatable bonds is 4. The molecule has 0 aliphatic carbocycles. The summed E-state index contributed by atoms with van der Waals surface area (Å²) in [6.07, 6.45) is -5.08. The molecule has 0 fully saturated rings. The lowest BCUT2D eigenvalue weighted by atomic mass is 10.1. The maximum atomic E-state index is 13.2. The van der Waals surface area contributed by atoms with E-state index >= 15 is 0 Å². The number of aryl methyl sites for hydroxylation is 1. The van der Waals surface area contributed by atoms with Crippen LogP contribution in [0.1, 0.15) is 22.0 Å². The molecule has 1 aromatic heterocycles. The summed E-state index contributed by atoms with van der Waals surface area (Å²) in [5, 5.41) is 9.08. The van der Waals surface area contributed by atoms with E-state index in [1.54, 1.807) is 23.3 Å². The Morgan fingerprint density at radius 3 is 2.32 bits per heavy atom. The average Bonchev–Trinajstić information content (AvgIpc) is 3.00. The molecule has 0 radical (unpaired) electrons. The topological polar surface area (TPSA) is 83.6 Å². The number of carboxylic acid groups (broad SMARTS) is 1. The Bertz CT molecular complexity index is 842. The smallest absolute Gasteiger partial charge is 0.475 e. The van der Waals surface area contributed by atoms with Gasteiger partial charge in [-0.25, -0.2) is 9.18 Å². The molecule has 0 saturated carbocycles. The van der Waals surface area contributed by atoms with Crippen LogP contribution >= 0.6 is 22.9 Å². The number of likely N-dealkylation sites (N-methyl/N-ethyl adjacent to an activating group) is 1. The molecule has 0 aliphatic heterocycles. The van der Waals surface area contributed by atoms with E-state index < -0.39 is 24.0 Å². The quantitative estimate of drug-likeness (QED) is 0.700. The zero-order chi connectivity index (χ0) is 21.6. The molecule has 0 spiro atoms. The van der Waals surface area contributed by atoms with E-state index in [1.165, 1.54) is 18.2 Å². The zero-order valence-corrected chi connectivity index (χ0v) is 16.3.